The molecule has 0 bridgehead atoms. The van der Waals surface area contributed by atoms with Crippen LogP contribution in [0.5, 0.6) is 0 Å². The second-order valence-electron chi connectivity index (χ2n) is 7.57. The Morgan fingerprint density at radius 2 is 1.53 bits per heavy atom. The number of piperazine rings is 1. The van der Waals surface area contributed by atoms with Gasteiger partial charge in [0, 0.05) is 37.3 Å². The van der Waals surface area contributed by atoms with Gasteiger partial charge in [-0.15, -0.1) is 0 Å². The standard InChI is InChI=1S/C22H22N6O3S/c29-32(30,16-20-19-8-4-5-9-21(19)31-25-20)26-17-14-23-22(24-15-17)28-12-10-27(11-13-28)18-6-2-1-3-7-18/h1-9,14-15,26H,10-13,16H2. The minimum absolute atomic E-state index is 0.298. The molecule has 2 aromatic carbocycles. The van der Waals surface area contributed by atoms with Gasteiger partial charge in [0.1, 0.15) is 11.4 Å². The highest BCUT2D eigenvalue weighted by atomic mass is 32.2. The number of anilines is 3. The lowest BCUT2D eigenvalue weighted by Crippen LogP contribution is -2.47. The third-order valence-corrected chi connectivity index (χ3v) is 6.57. The fourth-order valence-electron chi connectivity index (χ4n) is 3.78. The Morgan fingerprint density at radius 3 is 2.28 bits per heavy atom. The van der Waals surface area contributed by atoms with Gasteiger partial charge in [0.15, 0.2) is 5.58 Å². The van der Waals surface area contributed by atoms with Gasteiger partial charge in [-0.05, 0) is 24.3 Å². The van der Waals surface area contributed by atoms with Gasteiger partial charge < -0.3 is 14.3 Å². The Kier molecular flexibility index (Phi) is 5.36. The van der Waals surface area contributed by atoms with Crippen molar-refractivity contribution in [2.45, 2.75) is 5.75 Å². The quantitative estimate of drug-likeness (QED) is 0.478. The second-order valence-corrected chi connectivity index (χ2v) is 9.29. The first-order valence-corrected chi connectivity index (χ1v) is 11.9. The summed E-state index contributed by atoms with van der Waals surface area (Å²) in [5.74, 6) is 0.288. The van der Waals surface area contributed by atoms with Crippen LogP contribution in [0.3, 0.4) is 0 Å². The number of rotatable bonds is 6. The van der Waals surface area contributed by atoms with E-state index in [1.165, 1.54) is 18.1 Å². The molecule has 1 aliphatic rings. The van der Waals surface area contributed by atoms with E-state index in [9.17, 15) is 8.42 Å². The maximum atomic E-state index is 12.6. The summed E-state index contributed by atoms with van der Waals surface area (Å²) in [7, 11) is -3.70. The molecule has 3 heterocycles. The van der Waals surface area contributed by atoms with Gasteiger partial charge in [0.05, 0.1) is 18.1 Å². The van der Waals surface area contributed by atoms with E-state index in [0.717, 1.165) is 26.2 Å². The number of fused-ring (bicyclic) bond motifs is 1. The van der Waals surface area contributed by atoms with E-state index in [1.807, 2.05) is 30.3 Å². The van der Waals surface area contributed by atoms with Crippen molar-refractivity contribution in [2.24, 2.45) is 0 Å². The largest absolute Gasteiger partial charge is 0.368 e. The highest BCUT2D eigenvalue weighted by molar-refractivity contribution is 7.91. The zero-order valence-corrected chi connectivity index (χ0v) is 18.1. The molecular weight excluding hydrogens is 428 g/mol. The summed E-state index contributed by atoms with van der Waals surface area (Å²) in [5, 5.41) is 4.57. The summed E-state index contributed by atoms with van der Waals surface area (Å²) in [6.07, 6.45) is 2.98. The summed E-state index contributed by atoms with van der Waals surface area (Å²) < 4.78 is 32.9. The fraction of sp³-hybridized carbons (Fsp3) is 0.227. The Balaban J connectivity index is 1.21. The van der Waals surface area contributed by atoms with Crippen LogP contribution in [0.1, 0.15) is 5.69 Å². The molecule has 10 heteroatoms. The molecule has 1 saturated heterocycles. The first-order chi connectivity index (χ1) is 15.6. The molecule has 0 atom stereocenters. The first-order valence-electron chi connectivity index (χ1n) is 10.3. The molecular formula is C22H22N6O3S. The van der Waals surface area contributed by atoms with Gasteiger partial charge in [-0.3, -0.25) is 4.72 Å². The maximum Gasteiger partial charge on any atom is 0.238 e. The normalized spacial score (nSPS) is 14.6. The molecule has 2 aromatic heterocycles. The van der Waals surface area contributed by atoms with Crippen LogP contribution in [0.4, 0.5) is 17.3 Å². The van der Waals surface area contributed by atoms with E-state index in [-0.39, 0.29) is 5.75 Å². The van der Waals surface area contributed by atoms with Crippen LogP contribution in [0, 0.1) is 0 Å². The van der Waals surface area contributed by atoms with Crippen LogP contribution in [-0.2, 0) is 15.8 Å². The predicted molar refractivity (Wildman–Crippen MR) is 123 cm³/mol. The van der Waals surface area contributed by atoms with E-state index in [2.05, 4.69) is 41.8 Å². The molecule has 0 aliphatic carbocycles. The van der Waals surface area contributed by atoms with Gasteiger partial charge in [-0.1, -0.05) is 35.5 Å². The van der Waals surface area contributed by atoms with Crippen molar-refractivity contribution < 1.29 is 12.9 Å². The lowest BCUT2D eigenvalue weighted by molar-refractivity contribution is 0.448. The zero-order chi connectivity index (χ0) is 22.0. The van der Waals surface area contributed by atoms with Gasteiger partial charge in [-0.25, -0.2) is 18.4 Å². The molecule has 0 unspecified atom stereocenters. The van der Waals surface area contributed by atoms with Crippen molar-refractivity contribution in [1.82, 2.24) is 15.1 Å². The Morgan fingerprint density at radius 1 is 0.875 bits per heavy atom. The molecule has 9 nitrogen and oxygen atoms in total. The number of hydrogen-bond acceptors (Lipinski definition) is 8. The van der Waals surface area contributed by atoms with Crippen molar-refractivity contribution in [3.63, 3.8) is 0 Å². The van der Waals surface area contributed by atoms with Crippen molar-refractivity contribution in [3.05, 3.63) is 72.7 Å². The van der Waals surface area contributed by atoms with E-state index < -0.39 is 10.0 Å². The van der Waals surface area contributed by atoms with Gasteiger partial charge >= 0.3 is 0 Å². The third kappa shape index (κ3) is 4.35. The topological polar surface area (TPSA) is 104 Å². The van der Waals surface area contributed by atoms with Crippen LogP contribution in [-0.4, -0.2) is 49.7 Å². The lowest BCUT2D eigenvalue weighted by Gasteiger charge is -2.36. The SMILES string of the molecule is O=S(=O)(Cc1noc2ccccc12)Nc1cnc(N2CCN(c3ccccc3)CC2)nc1. The molecule has 0 amide bonds. The summed E-state index contributed by atoms with van der Waals surface area (Å²) in [5.41, 5.74) is 2.43. The number of benzene rings is 2. The average Bonchev–Trinajstić information content (AvgIpc) is 3.22. The van der Waals surface area contributed by atoms with Crippen LogP contribution >= 0.6 is 0 Å². The van der Waals surface area contributed by atoms with Crippen molar-refractivity contribution in [3.8, 4) is 0 Å². The number of hydrogen-bond donors (Lipinski definition) is 1. The molecule has 5 rings (SSSR count). The predicted octanol–water partition coefficient (Wildman–Crippen LogP) is 2.89. The van der Waals surface area contributed by atoms with E-state index in [0.29, 0.717) is 28.3 Å². The molecule has 164 valence electrons. The zero-order valence-electron chi connectivity index (χ0n) is 17.3. The highest BCUT2D eigenvalue weighted by Gasteiger charge is 2.21. The van der Waals surface area contributed by atoms with Crippen molar-refractivity contribution in [2.75, 3.05) is 40.7 Å². The smallest absolute Gasteiger partial charge is 0.238 e. The van der Waals surface area contributed by atoms with Crippen LogP contribution in [0.15, 0.2) is 71.5 Å². The van der Waals surface area contributed by atoms with E-state index in [4.69, 9.17) is 4.52 Å². The molecule has 1 fully saturated rings. The third-order valence-electron chi connectivity index (χ3n) is 5.37. The number of nitrogens with one attached hydrogen (secondary N) is 1. The number of para-hydroxylation sites is 2. The highest BCUT2D eigenvalue weighted by Crippen LogP contribution is 2.21. The fourth-order valence-corrected chi connectivity index (χ4v) is 4.88. The summed E-state index contributed by atoms with van der Waals surface area (Å²) >= 11 is 0. The van der Waals surface area contributed by atoms with Crippen LogP contribution < -0.4 is 14.5 Å². The molecule has 0 spiro atoms. The molecule has 0 radical (unpaired) electrons. The molecule has 4 aromatic rings. The van der Waals surface area contributed by atoms with Crippen molar-refractivity contribution in [1.29, 1.82) is 0 Å². The van der Waals surface area contributed by atoms with E-state index in [1.54, 1.807) is 12.1 Å². The number of sulfonamides is 1. The van der Waals surface area contributed by atoms with Crippen LogP contribution in [0.2, 0.25) is 0 Å². The molecule has 1 aliphatic heterocycles. The van der Waals surface area contributed by atoms with Crippen LogP contribution in [0.25, 0.3) is 11.0 Å². The average molecular weight is 451 g/mol. The minimum atomic E-state index is -3.70. The monoisotopic (exact) mass is 450 g/mol. The first kappa shape index (κ1) is 20.3. The molecule has 32 heavy (non-hydrogen) atoms. The Labute approximate surface area is 185 Å². The Hall–Kier alpha value is -3.66. The second kappa shape index (κ2) is 8.46. The Bertz CT molecular complexity index is 1300. The van der Waals surface area contributed by atoms with Gasteiger partial charge in [0.25, 0.3) is 0 Å². The summed E-state index contributed by atoms with van der Waals surface area (Å²) in [6, 6.07) is 17.5. The number of nitrogens with zero attached hydrogens (tertiary/aromatic N) is 5. The lowest BCUT2D eigenvalue weighted by atomic mass is 10.2. The van der Waals surface area contributed by atoms with Gasteiger partial charge in [-0.2, -0.15) is 0 Å². The maximum absolute atomic E-state index is 12.6. The van der Waals surface area contributed by atoms with Gasteiger partial charge in [0.2, 0.25) is 16.0 Å². The molecule has 1 N–H and O–H groups in total. The number of aromatic nitrogens is 3. The molecule has 0 saturated carbocycles. The summed E-state index contributed by atoms with van der Waals surface area (Å²) in [6.45, 7) is 3.32. The minimum Gasteiger partial charge on any atom is -0.368 e. The van der Waals surface area contributed by atoms with E-state index >= 15 is 0 Å². The summed E-state index contributed by atoms with van der Waals surface area (Å²) in [4.78, 5) is 13.2. The van der Waals surface area contributed by atoms with Crippen molar-refractivity contribution >= 4 is 38.3 Å².